The predicted octanol–water partition coefficient (Wildman–Crippen LogP) is 0.0153. The molecule has 0 bridgehead atoms. The summed E-state index contributed by atoms with van der Waals surface area (Å²) in [6.45, 7) is 3.54. The molecule has 0 aliphatic carbocycles. The summed E-state index contributed by atoms with van der Waals surface area (Å²) in [5, 5.41) is 11.5. The number of hydrogen-bond acceptors (Lipinski definition) is 7. The van der Waals surface area contributed by atoms with Crippen LogP contribution in [0.5, 0.6) is 0 Å². The summed E-state index contributed by atoms with van der Waals surface area (Å²) in [5.74, 6) is -0.922. The zero-order chi connectivity index (χ0) is 14.7. The van der Waals surface area contributed by atoms with E-state index >= 15 is 0 Å². The molecular weight excluding hydrogens is 274 g/mol. The summed E-state index contributed by atoms with van der Waals surface area (Å²) in [5.41, 5.74) is 0. The van der Waals surface area contributed by atoms with E-state index in [4.69, 9.17) is 19.3 Å². The summed E-state index contributed by atoms with van der Waals surface area (Å²) in [4.78, 5) is 28.1. The predicted molar refractivity (Wildman–Crippen MR) is 62.6 cm³/mol. The van der Waals surface area contributed by atoms with E-state index in [0.29, 0.717) is 13.0 Å². The van der Waals surface area contributed by atoms with Gasteiger partial charge in [0.15, 0.2) is 0 Å². The lowest BCUT2D eigenvalue weighted by Gasteiger charge is -2.15. The highest BCUT2D eigenvalue weighted by Crippen LogP contribution is 2.17. The van der Waals surface area contributed by atoms with Crippen molar-refractivity contribution in [3.63, 3.8) is 0 Å². The van der Waals surface area contributed by atoms with E-state index in [1.54, 1.807) is 13.8 Å². The van der Waals surface area contributed by atoms with Gasteiger partial charge in [0.05, 0.1) is 11.1 Å². The Balaban J connectivity index is 1.73. The molecule has 1 unspecified atom stereocenters. The van der Waals surface area contributed by atoms with Gasteiger partial charge in [-0.1, -0.05) is 0 Å². The van der Waals surface area contributed by atoms with Crippen LogP contribution in [0.2, 0.25) is 0 Å². The number of carboxylic acid groups (broad SMARTS) is 1. The van der Waals surface area contributed by atoms with Crippen LogP contribution in [0.15, 0.2) is 4.63 Å². The van der Waals surface area contributed by atoms with Crippen LogP contribution in [0, 0.1) is 0 Å². The molecule has 1 aromatic rings. The number of carboxylic acids is 1. The van der Waals surface area contributed by atoms with Crippen molar-refractivity contribution in [3.05, 3.63) is 0 Å². The second kappa shape index (κ2) is 5.80. The summed E-state index contributed by atoms with van der Waals surface area (Å²) < 4.78 is 14.3. The molecule has 2 rings (SSSR count). The maximum Gasteiger partial charge on any atom is 0.511 e. The van der Waals surface area contributed by atoms with Crippen molar-refractivity contribution in [2.24, 2.45) is 0 Å². The first-order valence-corrected chi connectivity index (χ1v) is 6.23. The molecule has 114 valence electrons. The Kier molecular flexibility index (Phi) is 4.11. The van der Waals surface area contributed by atoms with E-state index in [1.807, 2.05) is 0 Å². The highest BCUT2D eigenvalue weighted by Gasteiger charge is 2.36. The van der Waals surface area contributed by atoms with Crippen LogP contribution in [0.25, 0.3) is 0 Å². The third kappa shape index (κ3) is 3.39. The number of aliphatic carboxylic acids is 1. The van der Waals surface area contributed by atoms with Crippen LogP contribution in [0.3, 0.4) is 0 Å². The van der Waals surface area contributed by atoms with Gasteiger partial charge in [-0.25, -0.2) is 14.6 Å². The Hall–Kier alpha value is -2.26. The fourth-order valence-electron chi connectivity index (χ4n) is 1.81. The quantitative estimate of drug-likeness (QED) is 0.577. The van der Waals surface area contributed by atoms with Crippen LogP contribution in [-0.2, 0) is 14.3 Å². The van der Waals surface area contributed by atoms with E-state index in [9.17, 15) is 9.59 Å². The summed E-state index contributed by atoms with van der Waals surface area (Å²) >= 11 is 0. The number of carbonyl (C=O) groups excluding carboxylic acids is 1. The summed E-state index contributed by atoms with van der Waals surface area (Å²) in [7, 11) is 0. The number of carbonyl (C=O) groups is 2. The molecule has 20 heavy (non-hydrogen) atoms. The fourth-order valence-corrected chi connectivity index (χ4v) is 1.81. The lowest BCUT2D eigenvalue weighted by atomic mass is 10.2. The average molecular weight is 291 g/mol. The molecule has 10 heteroatoms. The number of rotatable bonds is 6. The Bertz CT molecular complexity index is 460. The van der Waals surface area contributed by atoms with E-state index in [0.717, 1.165) is 11.4 Å². The summed E-state index contributed by atoms with van der Waals surface area (Å²) in [6.07, 6.45) is 0.165. The van der Waals surface area contributed by atoms with Crippen LogP contribution in [-0.4, -0.2) is 52.7 Å². The zero-order valence-corrected chi connectivity index (χ0v) is 11.2. The number of aromatic nitrogens is 2. The zero-order valence-electron chi connectivity index (χ0n) is 11.2. The number of hydrogen-bond donors (Lipinski definition) is 1. The van der Waals surface area contributed by atoms with Crippen LogP contribution in [0.1, 0.15) is 26.7 Å². The molecule has 10 nitrogen and oxygen atoms in total. The Labute approximate surface area is 114 Å². The minimum absolute atomic E-state index is 0.280. The SMILES string of the molecule is CC(C)OC(=O)OCOn1on1N1CCCC1C(=O)O. The third-order valence-corrected chi connectivity index (χ3v) is 2.66. The van der Waals surface area contributed by atoms with Gasteiger partial charge in [0, 0.05) is 6.54 Å². The van der Waals surface area contributed by atoms with Gasteiger partial charge >= 0.3 is 12.1 Å². The molecule has 1 atom stereocenters. The molecule has 0 spiro atoms. The van der Waals surface area contributed by atoms with Crippen molar-refractivity contribution in [1.29, 1.82) is 0 Å². The molecule has 0 amide bonds. The second-order valence-corrected chi connectivity index (χ2v) is 4.54. The van der Waals surface area contributed by atoms with Gasteiger partial charge < -0.3 is 19.4 Å². The van der Waals surface area contributed by atoms with Gasteiger partial charge in [-0.2, -0.15) is 4.63 Å². The molecular formula is C10H17N3O7. The van der Waals surface area contributed by atoms with Crippen LogP contribution >= 0.6 is 0 Å². The van der Waals surface area contributed by atoms with E-state index < -0.39 is 25.0 Å². The Morgan fingerprint density at radius 3 is 2.85 bits per heavy atom. The molecule has 1 aliphatic rings. The monoisotopic (exact) mass is 291 g/mol. The third-order valence-electron chi connectivity index (χ3n) is 2.66. The maximum atomic E-state index is 11.0. The Morgan fingerprint density at radius 1 is 1.45 bits per heavy atom. The molecule has 1 aliphatic heterocycles. The Morgan fingerprint density at radius 2 is 2.20 bits per heavy atom. The molecule has 0 saturated carbocycles. The molecule has 0 radical (unpaired) electrons. The lowest BCUT2D eigenvalue weighted by molar-refractivity contribution is -0.138. The largest absolute Gasteiger partial charge is 0.511 e. The summed E-state index contributed by atoms with van der Waals surface area (Å²) in [6, 6.07) is -0.643. The molecule has 0 aromatic carbocycles. The van der Waals surface area contributed by atoms with Crippen molar-refractivity contribution in [3.8, 4) is 0 Å². The lowest BCUT2D eigenvalue weighted by Crippen LogP contribution is -2.42. The van der Waals surface area contributed by atoms with Crippen molar-refractivity contribution in [1.82, 2.24) is 9.98 Å². The second-order valence-electron chi connectivity index (χ2n) is 4.54. The van der Waals surface area contributed by atoms with Gasteiger partial charge in [-0.05, 0) is 26.7 Å². The normalized spacial score (nSPS) is 18.6. The first-order valence-electron chi connectivity index (χ1n) is 6.23. The van der Waals surface area contributed by atoms with Crippen LogP contribution < -0.4 is 9.85 Å². The van der Waals surface area contributed by atoms with Crippen LogP contribution in [0.4, 0.5) is 4.79 Å². The topological polar surface area (TPSA) is 108 Å². The van der Waals surface area contributed by atoms with Gasteiger partial charge in [-0.3, -0.25) is 0 Å². The van der Waals surface area contributed by atoms with E-state index in [2.05, 4.69) is 4.74 Å². The van der Waals surface area contributed by atoms with Gasteiger partial charge in [-0.15, -0.1) is 0 Å². The van der Waals surface area contributed by atoms with E-state index in [1.165, 1.54) is 9.97 Å². The average Bonchev–Trinajstić information content (AvgIpc) is 2.94. The molecule has 1 fully saturated rings. The van der Waals surface area contributed by atoms with Gasteiger partial charge in [0.1, 0.15) is 11.1 Å². The smallest absolute Gasteiger partial charge is 0.480 e. The molecule has 1 saturated heterocycles. The highest BCUT2D eigenvalue weighted by atomic mass is 17.0. The van der Waals surface area contributed by atoms with Crippen molar-refractivity contribution < 1.29 is 33.6 Å². The molecule has 2 heterocycles. The fraction of sp³-hybridized carbons (Fsp3) is 0.800. The minimum Gasteiger partial charge on any atom is -0.480 e. The van der Waals surface area contributed by atoms with Crippen molar-refractivity contribution in [2.45, 2.75) is 38.8 Å². The number of ether oxygens (including phenoxy) is 2. The number of nitrogens with zero attached hydrogens (tertiary/aromatic N) is 3. The van der Waals surface area contributed by atoms with E-state index in [-0.39, 0.29) is 6.10 Å². The molecule has 1 aromatic heterocycles. The van der Waals surface area contributed by atoms with Crippen molar-refractivity contribution in [2.75, 3.05) is 18.3 Å². The maximum absolute atomic E-state index is 11.0. The van der Waals surface area contributed by atoms with Gasteiger partial charge in [0.25, 0.3) is 6.79 Å². The minimum atomic E-state index is -0.922. The highest BCUT2D eigenvalue weighted by molar-refractivity contribution is 5.75. The van der Waals surface area contributed by atoms with Crippen molar-refractivity contribution >= 4 is 12.1 Å². The standard InChI is InChI=1S/C10H17N3O7/c1-7(2)19-10(16)17-6-18-13-12(20-13)11-5-3-4-8(11)9(14)15/h7-8H,3-6H2,1-2H3,(H,14,15). The first kappa shape index (κ1) is 14.2. The molecule has 1 N–H and O–H groups in total. The van der Waals surface area contributed by atoms with Gasteiger partial charge in [0.2, 0.25) is 0 Å². The first-order chi connectivity index (χ1) is 9.49.